The van der Waals surface area contributed by atoms with Crippen LogP contribution in [-0.4, -0.2) is 84.4 Å². The second kappa shape index (κ2) is 11.1. The van der Waals surface area contributed by atoms with Crippen LogP contribution in [0.3, 0.4) is 0 Å². The number of hydrogen-bond acceptors (Lipinski definition) is 3. The van der Waals surface area contributed by atoms with Crippen molar-refractivity contribution in [3.8, 4) is 0 Å². The molecule has 0 fully saturated rings. The fourth-order valence-electron chi connectivity index (χ4n) is 0. The van der Waals surface area contributed by atoms with Crippen molar-refractivity contribution in [2.24, 2.45) is 0 Å². The summed E-state index contributed by atoms with van der Waals surface area (Å²) in [5.41, 5.74) is 0. The molecule has 30 valence electrons. The van der Waals surface area contributed by atoms with E-state index in [2.05, 4.69) is 0 Å². The van der Waals surface area contributed by atoms with Crippen LogP contribution in [0.5, 0.6) is 0 Å². The van der Waals surface area contributed by atoms with Gasteiger partial charge in [-0.05, 0) is 3.44 Å². The van der Waals surface area contributed by atoms with Gasteiger partial charge in [-0.1, -0.05) is 0 Å². The van der Waals surface area contributed by atoms with Crippen LogP contribution in [0, 0.1) is 0 Å². The first kappa shape index (κ1) is 16.1. The molecule has 0 spiro atoms. The molecule has 0 amide bonds. The van der Waals surface area contributed by atoms with Gasteiger partial charge < -0.3 is 6.87 Å². The minimum atomic E-state index is -3.76. The van der Waals surface area contributed by atoms with Crippen molar-refractivity contribution < 1.29 is 31.4 Å². The fourth-order valence-corrected chi connectivity index (χ4v) is 0. The van der Waals surface area contributed by atoms with E-state index in [0.29, 0.717) is 0 Å². The zero-order valence-corrected chi connectivity index (χ0v) is 3.80. The van der Waals surface area contributed by atoms with E-state index in [-0.39, 0.29) is 80.9 Å². The Bertz CT molecular complexity index is 15.5. The SMILES string of the molecule is [KH].[NaH].[O-][I+2]([O-])O. The standard InChI is InChI=1S/HIO3.K.Na.2H/c2-1(3)4;;;;/h2H;;;;. The Morgan fingerprint density at radius 2 is 1.33 bits per heavy atom. The first-order chi connectivity index (χ1) is 1.73. The third kappa shape index (κ3) is 26.8. The van der Waals surface area contributed by atoms with Gasteiger partial charge in [-0.25, -0.2) is 0 Å². The van der Waals surface area contributed by atoms with Crippen molar-refractivity contribution in [2.45, 2.75) is 0 Å². The minimum Gasteiger partial charge on any atom is -0.396 e. The van der Waals surface area contributed by atoms with Crippen molar-refractivity contribution in [1.29, 1.82) is 0 Å². The molecule has 0 aromatic carbocycles. The van der Waals surface area contributed by atoms with Crippen LogP contribution >= 0.6 is 0 Å². The van der Waals surface area contributed by atoms with Crippen LogP contribution in [0.25, 0.3) is 0 Å². The van der Waals surface area contributed by atoms with Gasteiger partial charge in [-0.2, -0.15) is 0 Å². The maximum Gasteiger partial charge on any atom is 0.503 e. The largest absolute Gasteiger partial charge is 0.503 e. The van der Waals surface area contributed by atoms with Gasteiger partial charge in [-0.15, -0.1) is 0 Å². The Morgan fingerprint density at radius 3 is 1.33 bits per heavy atom. The Kier molecular flexibility index (Phi) is 29.8. The van der Waals surface area contributed by atoms with Crippen LogP contribution in [0.2, 0.25) is 0 Å². The van der Waals surface area contributed by atoms with Crippen LogP contribution in [0.4, 0.5) is 0 Å². The molecule has 0 aliphatic rings. The Morgan fingerprint density at radius 1 is 1.33 bits per heavy atom. The molecule has 0 aromatic rings. The van der Waals surface area contributed by atoms with Crippen LogP contribution < -0.4 is 27.9 Å². The van der Waals surface area contributed by atoms with Gasteiger partial charge in [-0.3, -0.25) is 0 Å². The average Bonchev–Trinajstić information content (AvgIpc) is 0.811. The molecule has 1 N–H and O–H groups in total. The third-order valence-electron chi connectivity index (χ3n) is 0. The smallest absolute Gasteiger partial charge is 0.396 e. The molecule has 0 saturated carbocycles. The van der Waals surface area contributed by atoms with E-state index in [1.54, 1.807) is 0 Å². The van der Waals surface area contributed by atoms with E-state index >= 15 is 0 Å². The van der Waals surface area contributed by atoms with Crippen LogP contribution in [-0.2, 0) is 0 Å². The summed E-state index contributed by atoms with van der Waals surface area (Å²) in [5.74, 6) is 0. The fraction of sp³-hybridized carbons (Fsp3) is 0. The molecule has 0 unspecified atom stereocenters. The normalized spacial score (nSPS) is 6.00. The van der Waals surface area contributed by atoms with E-state index in [1.807, 2.05) is 0 Å². The van der Waals surface area contributed by atoms with E-state index < -0.39 is 21.1 Å². The molecule has 6 heavy (non-hydrogen) atoms. The number of hydrogen-bond donors (Lipinski definition) is 1. The molecule has 0 rings (SSSR count). The van der Waals surface area contributed by atoms with Gasteiger partial charge >= 0.3 is 102 Å². The molecule has 0 saturated heterocycles. The van der Waals surface area contributed by atoms with Gasteiger partial charge in [0.1, 0.15) is 0 Å². The summed E-state index contributed by atoms with van der Waals surface area (Å²) in [4.78, 5) is 0. The predicted molar refractivity (Wildman–Crippen MR) is 16.5 cm³/mol. The molecule has 0 aromatic heterocycles. The summed E-state index contributed by atoms with van der Waals surface area (Å²) in [5, 5.41) is 0. The van der Waals surface area contributed by atoms with Crippen LogP contribution in [0.15, 0.2) is 0 Å². The Labute approximate surface area is 109 Å². The first-order valence-corrected chi connectivity index (χ1v) is 3.20. The Hall–Kier alpha value is 3.25. The Balaban J connectivity index is -0.0000000450. The van der Waals surface area contributed by atoms with E-state index in [1.165, 1.54) is 0 Å². The van der Waals surface area contributed by atoms with Gasteiger partial charge in [0, 0.05) is 0 Å². The third-order valence-corrected chi connectivity index (χ3v) is 0. The molecule has 0 aliphatic heterocycles. The molecule has 6 heteroatoms. The average molecular weight is 240 g/mol. The molecular formula is H3IKNaO3. The van der Waals surface area contributed by atoms with Gasteiger partial charge in [0.15, 0.2) is 0 Å². The molecule has 0 heterocycles. The number of halogens is 1. The van der Waals surface area contributed by atoms with Crippen molar-refractivity contribution in [1.82, 2.24) is 0 Å². The monoisotopic (exact) mass is 240 g/mol. The van der Waals surface area contributed by atoms with Gasteiger partial charge in [0.05, 0.1) is 0 Å². The summed E-state index contributed by atoms with van der Waals surface area (Å²) >= 11 is -3.76. The van der Waals surface area contributed by atoms with E-state index in [4.69, 9.17) is 10.3 Å². The molecule has 0 radical (unpaired) electrons. The second-order valence-corrected chi connectivity index (χ2v) is 1.35. The van der Waals surface area contributed by atoms with Crippen molar-refractivity contribution in [2.75, 3.05) is 0 Å². The van der Waals surface area contributed by atoms with Crippen LogP contribution in [0.1, 0.15) is 0 Å². The second-order valence-electron chi connectivity index (χ2n) is 0.201. The molecular weight excluding hydrogens is 237 g/mol. The maximum atomic E-state index is 8.68. The molecule has 0 aliphatic carbocycles. The quantitative estimate of drug-likeness (QED) is 0.338. The number of rotatable bonds is 0. The molecule has 0 atom stereocenters. The first-order valence-electron chi connectivity index (χ1n) is 0.478. The zero-order chi connectivity index (χ0) is 3.58. The summed E-state index contributed by atoms with van der Waals surface area (Å²) in [7, 11) is 0. The topological polar surface area (TPSA) is 66.3 Å². The predicted octanol–water partition coefficient (Wildman–Crippen LogP) is -7.23. The zero-order valence-electron chi connectivity index (χ0n) is 1.64. The summed E-state index contributed by atoms with van der Waals surface area (Å²) in [6, 6.07) is 0. The van der Waals surface area contributed by atoms with Crippen molar-refractivity contribution >= 4 is 80.9 Å². The van der Waals surface area contributed by atoms with E-state index in [0.717, 1.165) is 0 Å². The summed E-state index contributed by atoms with van der Waals surface area (Å²) in [6.07, 6.45) is 0. The van der Waals surface area contributed by atoms with Crippen molar-refractivity contribution in [3.05, 3.63) is 0 Å². The van der Waals surface area contributed by atoms with Crippen molar-refractivity contribution in [3.63, 3.8) is 0 Å². The van der Waals surface area contributed by atoms with E-state index in [9.17, 15) is 0 Å². The van der Waals surface area contributed by atoms with Gasteiger partial charge in [0.2, 0.25) is 0 Å². The summed E-state index contributed by atoms with van der Waals surface area (Å²) < 4.78 is 24.5. The molecule has 3 nitrogen and oxygen atoms in total. The minimum absolute atomic E-state index is 0. The molecule has 0 bridgehead atoms. The van der Waals surface area contributed by atoms with Gasteiger partial charge in [0.25, 0.3) is 0 Å². The summed E-state index contributed by atoms with van der Waals surface area (Å²) in [6.45, 7) is 0. The maximum absolute atomic E-state index is 8.68.